The molecule has 0 spiro atoms. The minimum atomic E-state index is -0.357. The molecular formula is C13H14ClN3O2. The summed E-state index contributed by atoms with van der Waals surface area (Å²) >= 11 is 5.87. The van der Waals surface area contributed by atoms with Crippen LogP contribution in [0.4, 0.5) is 5.82 Å². The third kappa shape index (κ3) is 3.33. The van der Waals surface area contributed by atoms with E-state index in [1.54, 1.807) is 7.11 Å². The van der Waals surface area contributed by atoms with Gasteiger partial charge in [0.15, 0.2) is 5.82 Å². The minimum absolute atomic E-state index is 0.0618. The van der Waals surface area contributed by atoms with Gasteiger partial charge in [0.1, 0.15) is 5.02 Å². The van der Waals surface area contributed by atoms with Gasteiger partial charge >= 0.3 is 0 Å². The Balaban J connectivity index is 2.14. The molecule has 19 heavy (non-hydrogen) atoms. The number of hydrogen-bond acceptors (Lipinski definition) is 4. The van der Waals surface area contributed by atoms with Gasteiger partial charge in [-0.3, -0.25) is 4.79 Å². The lowest BCUT2D eigenvalue weighted by molar-refractivity contribution is 0.184. The summed E-state index contributed by atoms with van der Waals surface area (Å²) in [6, 6.07) is 7.88. The minimum Gasteiger partial charge on any atom is -0.380 e. The van der Waals surface area contributed by atoms with Crippen LogP contribution in [0.15, 0.2) is 35.4 Å². The first-order valence-corrected chi connectivity index (χ1v) is 6.13. The Morgan fingerprint density at radius 3 is 2.84 bits per heavy atom. The van der Waals surface area contributed by atoms with Crippen molar-refractivity contribution in [2.75, 3.05) is 12.4 Å². The molecule has 0 radical (unpaired) electrons. The Hall–Kier alpha value is -1.85. The molecule has 1 aromatic carbocycles. The molecular weight excluding hydrogens is 266 g/mol. The zero-order valence-electron chi connectivity index (χ0n) is 10.4. The van der Waals surface area contributed by atoms with Crippen molar-refractivity contribution in [2.45, 2.75) is 13.2 Å². The number of nitrogens with one attached hydrogen (secondary N) is 2. The fourth-order valence-electron chi connectivity index (χ4n) is 1.71. The van der Waals surface area contributed by atoms with Crippen LogP contribution in [0.5, 0.6) is 0 Å². The Morgan fingerprint density at radius 2 is 2.11 bits per heavy atom. The third-order valence-electron chi connectivity index (χ3n) is 2.66. The number of aromatic nitrogens is 2. The molecule has 0 aliphatic rings. The Morgan fingerprint density at radius 1 is 1.37 bits per heavy atom. The number of methoxy groups -OCH3 is 1. The fourth-order valence-corrected chi connectivity index (χ4v) is 1.88. The number of H-pyrrole nitrogens is 1. The predicted octanol–water partition coefficient (Wildman–Crippen LogP) is 2.18. The van der Waals surface area contributed by atoms with E-state index in [2.05, 4.69) is 15.3 Å². The van der Waals surface area contributed by atoms with Gasteiger partial charge in [-0.2, -0.15) is 0 Å². The van der Waals surface area contributed by atoms with E-state index in [9.17, 15) is 4.79 Å². The van der Waals surface area contributed by atoms with Gasteiger partial charge in [-0.05, 0) is 11.1 Å². The Labute approximate surface area is 115 Å². The molecule has 0 amide bonds. The molecule has 5 nitrogen and oxygen atoms in total. The summed E-state index contributed by atoms with van der Waals surface area (Å²) in [6.45, 7) is 1.06. The summed E-state index contributed by atoms with van der Waals surface area (Å²) in [6.07, 6.45) is 1.32. The van der Waals surface area contributed by atoms with E-state index in [1.165, 1.54) is 6.33 Å². The average Bonchev–Trinajstić information content (AvgIpc) is 2.42. The molecule has 0 fully saturated rings. The second kappa shape index (κ2) is 6.36. The highest BCUT2D eigenvalue weighted by molar-refractivity contribution is 6.32. The van der Waals surface area contributed by atoms with Crippen molar-refractivity contribution >= 4 is 17.4 Å². The van der Waals surface area contributed by atoms with Gasteiger partial charge in [0.25, 0.3) is 5.56 Å². The highest BCUT2D eigenvalue weighted by atomic mass is 35.5. The third-order valence-corrected chi connectivity index (χ3v) is 3.01. The molecule has 2 N–H and O–H groups in total. The van der Waals surface area contributed by atoms with Gasteiger partial charge in [0.2, 0.25) is 0 Å². The van der Waals surface area contributed by atoms with Gasteiger partial charge in [-0.1, -0.05) is 35.9 Å². The monoisotopic (exact) mass is 279 g/mol. The van der Waals surface area contributed by atoms with E-state index in [0.717, 1.165) is 11.1 Å². The van der Waals surface area contributed by atoms with Crippen LogP contribution >= 0.6 is 11.6 Å². The topological polar surface area (TPSA) is 67.0 Å². The maximum absolute atomic E-state index is 11.3. The standard InChI is InChI=1S/C13H14ClN3O2/c1-19-7-10-5-3-2-4-9(10)6-15-12-11(14)13(18)17-8-16-12/h2-5,8H,6-7H2,1H3,(H2,15,16,17,18). The quantitative estimate of drug-likeness (QED) is 0.880. The van der Waals surface area contributed by atoms with E-state index in [0.29, 0.717) is 19.0 Å². The van der Waals surface area contributed by atoms with Crippen molar-refractivity contribution in [3.8, 4) is 0 Å². The molecule has 1 aromatic heterocycles. The highest BCUT2D eigenvalue weighted by Crippen LogP contribution is 2.15. The van der Waals surface area contributed by atoms with Crippen molar-refractivity contribution in [1.29, 1.82) is 0 Å². The summed E-state index contributed by atoms with van der Waals surface area (Å²) in [4.78, 5) is 17.7. The molecule has 1 heterocycles. The molecule has 100 valence electrons. The van der Waals surface area contributed by atoms with Crippen molar-refractivity contribution in [3.05, 3.63) is 57.1 Å². The molecule has 2 aromatic rings. The van der Waals surface area contributed by atoms with Crippen LogP contribution in [0.2, 0.25) is 5.02 Å². The molecule has 0 bridgehead atoms. The zero-order valence-corrected chi connectivity index (χ0v) is 11.2. The molecule has 0 aliphatic carbocycles. The summed E-state index contributed by atoms with van der Waals surface area (Å²) in [7, 11) is 1.65. The number of aromatic amines is 1. The molecule has 0 atom stereocenters. The summed E-state index contributed by atoms with van der Waals surface area (Å²) in [5, 5.41) is 3.11. The lowest BCUT2D eigenvalue weighted by Gasteiger charge is -2.10. The molecule has 0 saturated heterocycles. The van der Waals surface area contributed by atoms with Crippen molar-refractivity contribution in [2.24, 2.45) is 0 Å². The average molecular weight is 280 g/mol. The predicted molar refractivity (Wildman–Crippen MR) is 74.3 cm³/mol. The van der Waals surface area contributed by atoms with E-state index >= 15 is 0 Å². The van der Waals surface area contributed by atoms with Gasteiger partial charge in [-0.25, -0.2) is 4.98 Å². The Bertz CT molecular complexity index is 613. The van der Waals surface area contributed by atoms with E-state index < -0.39 is 0 Å². The number of rotatable bonds is 5. The lowest BCUT2D eigenvalue weighted by atomic mass is 10.1. The van der Waals surface area contributed by atoms with Crippen LogP contribution < -0.4 is 10.9 Å². The number of benzene rings is 1. The molecule has 0 saturated carbocycles. The van der Waals surface area contributed by atoms with Crippen LogP contribution in [-0.4, -0.2) is 17.1 Å². The van der Waals surface area contributed by atoms with Crippen molar-refractivity contribution < 1.29 is 4.74 Å². The summed E-state index contributed by atoms with van der Waals surface area (Å²) in [5.74, 6) is 0.373. The van der Waals surface area contributed by atoms with Crippen LogP contribution in [0.1, 0.15) is 11.1 Å². The smallest absolute Gasteiger partial charge is 0.271 e. The summed E-state index contributed by atoms with van der Waals surface area (Å²) in [5.41, 5.74) is 1.80. The normalized spacial score (nSPS) is 10.4. The van der Waals surface area contributed by atoms with Gasteiger partial charge in [0.05, 0.1) is 12.9 Å². The first kappa shape index (κ1) is 13.6. The zero-order chi connectivity index (χ0) is 13.7. The van der Waals surface area contributed by atoms with Crippen LogP contribution in [0, 0.1) is 0 Å². The molecule has 6 heteroatoms. The van der Waals surface area contributed by atoms with Gasteiger partial charge < -0.3 is 15.0 Å². The largest absolute Gasteiger partial charge is 0.380 e. The SMILES string of the molecule is COCc1ccccc1CNc1nc[nH]c(=O)c1Cl. The van der Waals surface area contributed by atoms with Gasteiger partial charge in [-0.15, -0.1) is 0 Å². The van der Waals surface area contributed by atoms with Crippen LogP contribution in [0.3, 0.4) is 0 Å². The number of hydrogen-bond donors (Lipinski definition) is 2. The maximum Gasteiger partial charge on any atom is 0.271 e. The molecule has 0 unspecified atom stereocenters. The first-order chi connectivity index (χ1) is 9.22. The number of halogens is 1. The molecule has 0 aliphatic heterocycles. The van der Waals surface area contributed by atoms with E-state index in [1.807, 2.05) is 24.3 Å². The second-order valence-electron chi connectivity index (χ2n) is 3.95. The van der Waals surface area contributed by atoms with E-state index in [4.69, 9.17) is 16.3 Å². The number of nitrogens with zero attached hydrogens (tertiary/aromatic N) is 1. The molecule has 2 rings (SSSR count). The van der Waals surface area contributed by atoms with Crippen molar-refractivity contribution in [3.63, 3.8) is 0 Å². The summed E-state index contributed by atoms with van der Waals surface area (Å²) < 4.78 is 5.14. The van der Waals surface area contributed by atoms with E-state index in [-0.39, 0.29) is 10.6 Å². The van der Waals surface area contributed by atoms with Crippen LogP contribution in [-0.2, 0) is 17.9 Å². The first-order valence-electron chi connectivity index (χ1n) is 5.75. The highest BCUT2D eigenvalue weighted by Gasteiger charge is 2.06. The number of anilines is 1. The fraction of sp³-hybridized carbons (Fsp3) is 0.231. The van der Waals surface area contributed by atoms with Gasteiger partial charge in [0, 0.05) is 13.7 Å². The van der Waals surface area contributed by atoms with Crippen molar-refractivity contribution in [1.82, 2.24) is 9.97 Å². The Kier molecular flexibility index (Phi) is 4.54. The lowest BCUT2D eigenvalue weighted by Crippen LogP contribution is -2.12. The second-order valence-corrected chi connectivity index (χ2v) is 4.33. The van der Waals surface area contributed by atoms with Crippen LogP contribution in [0.25, 0.3) is 0 Å². The maximum atomic E-state index is 11.3. The number of ether oxygens (including phenoxy) is 1.